The van der Waals surface area contributed by atoms with E-state index in [2.05, 4.69) is 0 Å². The van der Waals surface area contributed by atoms with E-state index in [1.807, 2.05) is 5.41 Å². The van der Waals surface area contributed by atoms with Crippen molar-refractivity contribution < 1.29 is 0 Å². The normalized spacial score (nSPS) is 17.2. The maximum absolute atomic E-state index is 6.93. The molecule has 0 aromatic heterocycles. The summed E-state index contributed by atoms with van der Waals surface area (Å²) in [4.78, 5) is 1.67. The summed E-state index contributed by atoms with van der Waals surface area (Å²) in [6.07, 6.45) is 1.80. The summed E-state index contributed by atoms with van der Waals surface area (Å²) in [6, 6.07) is 0. The number of nitrogens with zero attached hydrogens (tertiary/aromatic N) is 1. The molecule has 1 aliphatic heterocycles. The highest BCUT2D eigenvalue weighted by atomic mass is 32.2. The van der Waals surface area contributed by atoms with Gasteiger partial charge in [0.15, 0.2) is 5.96 Å². The third kappa shape index (κ3) is 0.949. The van der Waals surface area contributed by atoms with E-state index in [0.29, 0.717) is 0 Å². The lowest BCUT2D eigenvalue weighted by molar-refractivity contribution is 0.659. The summed E-state index contributed by atoms with van der Waals surface area (Å²) in [6.45, 7) is 0. The predicted octanol–water partition coefficient (Wildman–Crippen LogP) is 0.357. The van der Waals surface area contributed by atoms with Crippen LogP contribution in [0.15, 0.2) is 11.6 Å². The Labute approximate surface area is 52.0 Å². The number of guanidine groups is 1. The fourth-order valence-corrected chi connectivity index (χ4v) is 1.14. The molecular formula is C4H7N3S. The van der Waals surface area contributed by atoms with Gasteiger partial charge in [0.1, 0.15) is 0 Å². The Morgan fingerprint density at radius 1 is 1.88 bits per heavy atom. The molecule has 0 aromatic rings. The van der Waals surface area contributed by atoms with Crippen molar-refractivity contribution in [3.05, 3.63) is 11.6 Å². The summed E-state index contributed by atoms with van der Waals surface area (Å²) >= 11 is 1.64. The van der Waals surface area contributed by atoms with Crippen molar-refractivity contribution in [2.45, 2.75) is 0 Å². The van der Waals surface area contributed by atoms with Gasteiger partial charge in [-0.3, -0.25) is 5.41 Å². The Morgan fingerprint density at radius 2 is 2.62 bits per heavy atom. The first kappa shape index (κ1) is 5.50. The van der Waals surface area contributed by atoms with Gasteiger partial charge in [-0.05, 0) is 5.41 Å². The van der Waals surface area contributed by atoms with Gasteiger partial charge in [-0.25, -0.2) is 0 Å². The molecule has 1 aliphatic rings. The van der Waals surface area contributed by atoms with Crippen LogP contribution in [-0.4, -0.2) is 16.7 Å². The maximum Gasteiger partial charge on any atom is 0.193 e. The Hall–Kier alpha value is -0.640. The number of hydrogen-bond acceptors (Lipinski definition) is 2. The molecule has 0 aliphatic carbocycles. The standard InChI is InChI=1S/C4H7N3S/c5-4(6)7-1-2-8-3-7/h1-2H,3H2,(H3,5,6). The molecule has 0 fully saturated rings. The van der Waals surface area contributed by atoms with Gasteiger partial charge in [0.2, 0.25) is 0 Å². The molecule has 3 N–H and O–H groups in total. The predicted molar refractivity (Wildman–Crippen MR) is 35.4 cm³/mol. The SMILES string of the molecule is N=C(N)N1C=CSC1. The molecule has 0 aromatic carbocycles. The third-order valence-corrected chi connectivity index (χ3v) is 1.60. The van der Waals surface area contributed by atoms with E-state index in [-0.39, 0.29) is 5.96 Å². The zero-order valence-corrected chi connectivity index (χ0v) is 5.11. The number of nitrogens with one attached hydrogen (secondary N) is 1. The minimum Gasteiger partial charge on any atom is -0.370 e. The van der Waals surface area contributed by atoms with Crippen LogP contribution in [0.3, 0.4) is 0 Å². The first-order chi connectivity index (χ1) is 3.80. The molecule has 0 amide bonds. The van der Waals surface area contributed by atoms with E-state index < -0.39 is 0 Å². The smallest absolute Gasteiger partial charge is 0.193 e. The summed E-state index contributed by atoms with van der Waals surface area (Å²) < 4.78 is 0. The molecule has 0 unspecified atom stereocenters. The van der Waals surface area contributed by atoms with Gasteiger partial charge in [0.05, 0.1) is 5.88 Å². The topological polar surface area (TPSA) is 53.1 Å². The van der Waals surface area contributed by atoms with Crippen molar-refractivity contribution >= 4 is 17.7 Å². The van der Waals surface area contributed by atoms with Gasteiger partial charge in [-0.1, -0.05) is 0 Å². The molecule has 3 nitrogen and oxygen atoms in total. The minimum atomic E-state index is 0.117. The highest BCUT2D eigenvalue weighted by Gasteiger charge is 2.04. The van der Waals surface area contributed by atoms with Crippen molar-refractivity contribution in [2.24, 2.45) is 5.73 Å². The van der Waals surface area contributed by atoms with Crippen molar-refractivity contribution in [3.8, 4) is 0 Å². The average molecular weight is 129 g/mol. The van der Waals surface area contributed by atoms with Gasteiger partial charge in [-0.15, -0.1) is 11.8 Å². The number of thioether (sulfide) groups is 1. The largest absolute Gasteiger partial charge is 0.370 e. The Balaban J connectivity index is 2.48. The summed E-state index contributed by atoms with van der Waals surface area (Å²) in [5.41, 5.74) is 5.14. The van der Waals surface area contributed by atoms with E-state index in [1.165, 1.54) is 0 Å². The van der Waals surface area contributed by atoms with Gasteiger partial charge >= 0.3 is 0 Å². The van der Waals surface area contributed by atoms with Crippen LogP contribution in [-0.2, 0) is 0 Å². The minimum absolute atomic E-state index is 0.117. The number of hydrogen-bond donors (Lipinski definition) is 2. The quantitative estimate of drug-likeness (QED) is 0.366. The number of rotatable bonds is 0. The molecule has 0 saturated carbocycles. The lowest BCUT2D eigenvalue weighted by atomic mass is 10.8. The maximum atomic E-state index is 6.93. The van der Waals surface area contributed by atoms with E-state index >= 15 is 0 Å². The molecule has 8 heavy (non-hydrogen) atoms. The molecule has 4 heteroatoms. The van der Waals surface area contributed by atoms with Crippen molar-refractivity contribution in [1.29, 1.82) is 5.41 Å². The second kappa shape index (κ2) is 2.09. The van der Waals surface area contributed by atoms with Crippen LogP contribution >= 0.6 is 11.8 Å². The van der Waals surface area contributed by atoms with Crippen LogP contribution in [0, 0.1) is 5.41 Å². The monoisotopic (exact) mass is 129 g/mol. The first-order valence-electron chi connectivity index (χ1n) is 2.19. The van der Waals surface area contributed by atoms with Crippen LogP contribution in [0.2, 0.25) is 0 Å². The second-order valence-corrected chi connectivity index (χ2v) is 2.30. The first-order valence-corrected chi connectivity index (χ1v) is 3.24. The van der Waals surface area contributed by atoms with Gasteiger partial charge in [-0.2, -0.15) is 0 Å². The van der Waals surface area contributed by atoms with Crippen LogP contribution in [0.25, 0.3) is 0 Å². The van der Waals surface area contributed by atoms with Gasteiger partial charge in [0, 0.05) is 6.20 Å². The van der Waals surface area contributed by atoms with Gasteiger partial charge in [0.25, 0.3) is 0 Å². The van der Waals surface area contributed by atoms with E-state index in [1.54, 1.807) is 22.9 Å². The summed E-state index contributed by atoms with van der Waals surface area (Å²) in [5.74, 6) is 0.904. The van der Waals surface area contributed by atoms with Crippen molar-refractivity contribution in [3.63, 3.8) is 0 Å². The Bertz CT molecular complexity index is 131. The number of nitrogens with two attached hydrogens (primary N) is 1. The van der Waals surface area contributed by atoms with E-state index in [4.69, 9.17) is 11.1 Å². The lowest BCUT2D eigenvalue weighted by Gasteiger charge is -2.09. The van der Waals surface area contributed by atoms with Crippen LogP contribution < -0.4 is 5.73 Å². The van der Waals surface area contributed by atoms with Crippen molar-refractivity contribution in [2.75, 3.05) is 5.88 Å². The molecule has 1 rings (SSSR count). The third-order valence-electron chi connectivity index (χ3n) is 0.860. The second-order valence-electron chi connectivity index (χ2n) is 1.44. The molecule has 0 radical (unpaired) electrons. The summed E-state index contributed by atoms with van der Waals surface area (Å²) in [5, 5.41) is 8.85. The van der Waals surface area contributed by atoms with E-state index in [9.17, 15) is 0 Å². The van der Waals surface area contributed by atoms with Crippen LogP contribution in [0.4, 0.5) is 0 Å². The van der Waals surface area contributed by atoms with Crippen LogP contribution in [0.1, 0.15) is 0 Å². The highest BCUT2D eigenvalue weighted by molar-refractivity contribution is 8.02. The highest BCUT2D eigenvalue weighted by Crippen LogP contribution is 2.13. The average Bonchev–Trinajstić information content (AvgIpc) is 2.12. The zero-order valence-electron chi connectivity index (χ0n) is 4.29. The molecule has 0 saturated heterocycles. The van der Waals surface area contributed by atoms with Gasteiger partial charge < -0.3 is 10.6 Å². The Kier molecular flexibility index (Phi) is 1.43. The fourth-order valence-electron chi connectivity index (χ4n) is 0.433. The zero-order chi connectivity index (χ0) is 5.98. The molecule has 1 heterocycles. The Morgan fingerprint density at radius 3 is 2.88 bits per heavy atom. The molecule has 0 spiro atoms. The fraction of sp³-hybridized carbons (Fsp3) is 0.250. The molecule has 0 bridgehead atoms. The van der Waals surface area contributed by atoms with Crippen LogP contribution in [0.5, 0.6) is 0 Å². The lowest BCUT2D eigenvalue weighted by Crippen LogP contribution is -2.29. The molecular weight excluding hydrogens is 122 g/mol. The molecule has 0 atom stereocenters. The van der Waals surface area contributed by atoms with Crippen molar-refractivity contribution in [1.82, 2.24) is 4.90 Å². The summed E-state index contributed by atoms with van der Waals surface area (Å²) in [7, 11) is 0. The van der Waals surface area contributed by atoms with E-state index in [0.717, 1.165) is 5.88 Å². The molecule has 44 valence electrons.